The van der Waals surface area contributed by atoms with Crippen LogP contribution in [0.1, 0.15) is 23.6 Å². The molecule has 0 bridgehead atoms. The molecular formula is C20H21F6NO7. The van der Waals surface area contributed by atoms with Crippen molar-refractivity contribution in [3.8, 4) is 0 Å². The number of ether oxygens (including phenoxy) is 3. The van der Waals surface area contributed by atoms with E-state index < -0.39 is 77.2 Å². The number of amides is 1. The van der Waals surface area contributed by atoms with Crippen LogP contribution >= 0.6 is 0 Å². The summed E-state index contributed by atoms with van der Waals surface area (Å²) in [5.41, 5.74) is -3.90. The molecule has 1 aromatic carbocycles. The first-order valence-corrected chi connectivity index (χ1v) is 9.38. The molecule has 1 N–H and O–H groups in total. The molecule has 0 aromatic heterocycles. The molecule has 0 aliphatic carbocycles. The van der Waals surface area contributed by atoms with Crippen molar-refractivity contribution >= 4 is 23.8 Å². The average Bonchev–Trinajstić information content (AvgIpc) is 2.75. The number of carbonyl (C=O) groups is 4. The summed E-state index contributed by atoms with van der Waals surface area (Å²) >= 11 is 0. The molecule has 0 radical (unpaired) electrons. The summed E-state index contributed by atoms with van der Waals surface area (Å²) in [6, 6.07) is -1.08. The normalized spacial score (nSPS) is 13.6. The van der Waals surface area contributed by atoms with Crippen LogP contribution in [0.5, 0.6) is 0 Å². The molecule has 8 nitrogen and oxygen atoms in total. The maximum Gasteiger partial charge on any atom is 0.416 e. The first-order valence-electron chi connectivity index (χ1n) is 9.38. The first-order chi connectivity index (χ1) is 15.6. The highest BCUT2D eigenvalue weighted by Crippen LogP contribution is 2.36. The van der Waals surface area contributed by atoms with Gasteiger partial charge < -0.3 is 19.5 Å². The largest absolute Gasteiger partial charge is 0.468 e. The molecule has 0 fully saturated rings. The van der Waals surface area contributed by atoms with Crippen molar-refractivity contribution in [1.29, 1.82) is 0 Å². The zero-order valence-electron chi connectivity index (χ0n) is 18.3. The van der Waals surface area contributed by atoms with Gasteiger partial charge in [-0.05, 0) is 23.8 Å². The minimum atomic E-state index is -5.12. The fourth-order valence-electron chi connectivity index (χ4n) is 3.04. The minimum absolute atomic E-state index is 0.0992. The van der Waals surface area contributed by atoms with Crippen molar-refractivity contribution in [2.45, 2.75) is 31.7 Å². The zero-order valence-corrected chi connectivity index (χ0v) is 18.3. The summed E-state index contributed by atoms with van der Waals surface area (Å²) in [7, 11) is 2.81. The number of esters is 3. The van der Waals surface area contributed by atoms with Crippen molar-refractivity contribution in [1.82, 2.24) is 5.32 Å². The Morgan fingerprint density at radius 2 is 1.21 bits per heavy atom. The molecule has 1 rings (SSSR count). The highest BCUT2D eigenvalue weighted by molar-refractivity contribution is 5.96. The Kier molecular flexibility index (Phi) is 9.46. The monoisotopic (exact) mass is 501 g/mol. The van der Waals surface area contributed by atoms with Gasteiger partial charge in [0.2, 0.25) is 5.91 Å². The van der Waals surface area contributed by atoms with Gasteiger partial charge in [-0.25, -0.2) is 4.79 Å². The third-order valence-electron chi connectivity index (χ3n) is 4.75. The summed E-state index contributed by atoms with van der Waals surface area (Å²) in [5.74, 6) is -7.58. The van der Waals surface area contributed by atoms with E-state index in [0.29, 0.717) is 12.1 Å². The zero-order chi connectivity index (χ0) is 26.4. The molecule has 0 saturated carbocycles. The lowest BCUT2D eigenvalue weighted by Crippen LogP contribution is -2.51. The number of carbonyl (C=O) groups excluding carboxylic acids is 4. The van der Waals surface area contributed by atoms with Gasteiger partial charge in [0.1, 0.15) is 6.04 Å². The fraction of sp³-hybridized carbons (Fsp3) is 0.500. The lowest BCUT2D eigenvalue weighted by molar-refractivity contribution is -0.163. The van der Waals surface area contributed by atoms with Gasteiger partial charge in [-0.1, -0.05) is 6.92 Å². The Morgan fingerprint density at radius 1 is 0.794 bits per heavy atom. The van der Waals surface area contributed by atoms with Crippen LogP contribution in [-0.4, -0.2) is 51.2 Å². The lowest BCUT2D eigenvalue weighted by atomic mass is 9.87. The van der Waals surface area contributed by atoms with Gasteiger partial charge in [0.25, 0.3) is 0 Å². The van der Waals surface area contributed by atoms with E-state index >= 15 is 0 Å². The minimum Gasteiger partial charge on any atom is -0.468 e. The Hall–Kier alpha value is -3.32. The molecule has 0 heterocycles. The number of alkyl halides is 6. The number of hydrogen-bond donors (Lipinski definition) is 1. The van der Waals surface area contributed by atoms with Crippen molar-refractivity contribution in [3.05, 3.63) is 34.9 Å². The number of hydrogen-bond acceptors (Lipinski definition) is 7. The van der Waals surface area contributed by atoms with Crippen molar-refractivity contribution in [2.75, 3.05) is 21.3 Å². The van der Waals surface area contributed by atoms with E-state index in [-0.39, 0.29) is 6.07 Å². The maximum atomic E-state index is 13.0. The summed E-state index contributed by atoms with van der Waals surface area (Å²) in [5, 5.41) is 2.08. The topological polar surface area (TPSA) is 108 Å². The van der Waals surface area contributed by atoms with Gasteiger partial charge >= 0.3 is 30.3 Å². The summed E-state index contributed by atoms with van der Waals surface area (Å²) in [6.07, 6.45) is -11.2. The van der Waals surface area contributed by atoms with Crippen LogP contribution in [0, 0.1) is 11.8 Å². The van der Waals surface area contributed by atoms with E-state index in [1.807, 2.05) is 0 Å². The summed E-state index contributed by atoms with van der Waals surface area (Å²) < 4.78 is 91.7. The lowest BCUT2D eigenvalue weighted by Gasteiger charge is -2.27. The number of benzene rings is 1. The van der Waals surface area contributed by atoms with E-state index in [0.717, 1.165) is 21.3 Å². The number of methoxy groups -OCH3 is 3. The van der Waals surface area contributed by atoms with Gasteiger partial charge in [0.05, 0.1) is 38.9 Å². The van der Waals surface area contributed by atoms with Crippen LogP contribution in [0.3, 0.4) is 0 Å². The molecular weight excluding hydrogens is 480 g/mol. The average molecular weight is 501 g/mol. The van der Waals surface area contributed by atoms with Gasteiger partial charge in [0.15, 0.2) is 5.92 Å². The van der Waals surface area contributed by atoms with Gasteiger partial charge in [-0.3, -0.25) is 14.4 Å². The van der Waals surface area contributed by atoms with Crippen LogP contribution in [0.4, 0.5) is 26.3 Å². The van der Waals surface area contributed by atoms with E-state index in [9.17, 15) is 45.5 Å². The Morgan fingerprint density at radius 3 is 1.56 bits per heavy atom. The number of rotatable bonds is 8. The van der Waals surface area contributed by atoms with Crippen LogP contribution in [0.25, 0.3) is 0 Å². The predicted octanol–water partition coefficient (Wildman–Crippen LogP) is 2.52. The molecule has 1 aromatic rings. The van der Waals surface area contributed by atoms with E-state index in [4.69, 9.17) is 0 Å². The highest BCUT2D eigenvalue weighted by atomic mass is 19.4. The first kappa shape index (κ1) is 28.7. The van der Waals surface area contributed by atoms with Gasteiger partial charge in [-0.2, -0.15) is 26.3 Å². The third kappa shape index (κ3) is 7.35. The molecule has 0 aliphatic heterocycles. The van der Waals surface area contributed by atoms with Crippen LogP contribution in [-0.2, 0) is 52.2 Å². The molecule has 190 valence electrons. The number of halogens is 6. The van der Waals surface area contributed by atoms with Crippen LogP contribution in [0.15, 0.2) is 18.2 Å². The molecule has 1 amide bonds. The second-order valence-corrected chi connectivity index (χ2v) is 7.04. The number of nitrogens with one attached hydrogen (secondary N) is 1. The van der Waals surface area contributed by atoms with E-state index in [1.54, 1.807) is 0 Å². The van der Waals surface area contributed by atoms with Crippen molar-refractivity contribution in [3.63, 3.8) is 0 Å². The maximum absolute atomic E-state index is 13.0. The second kappa shape index (κ2) is 11.2. The SMILES string of the molecule is COC(=O)C(C(=O)OC)[C@H](C)[C@H](NC(=O)Cc1cc(C(F)(F)F)cc(C(F)(F)F)c1)C(=O)OC. The molecule has 0 spiro atoms. The van der Waals surface area contributed by atoms with Crippen molar-refractivity contribution < 1.29 is 59.7 Å². The standard InChI is InChI=1S/C20H21F6NO7/c1-9(14(16(29)32-2)17(30)33-3)15(18(31)34-4)27-13(28)7-10-5-11(19(21,22)23)8-12(6-10)20(24,25)26/h5-6,8-9,14-15H,7H2,1-4H3,(H,27,28)/t9-,15-/m0/s1. The highest BCUT2D eigenvalue weighted by Gasteiger charge is 2.42. The molecule has 2 atom stereocenters. The third-order valence-corrected chi connectivity index (χ3v) is 4.75. The Labute approximate surface area is 189 Å². The van der Waals surface area contributed by atoms with Crippen molar-refractivity contribution in [2.24, 2.45) is 11.8 Å². The van der Waals surface area contributed by atoms with E-state index in [1.165, 1.54) is 6.92 Å². The predicted molar refractivity (Wildman–Crippen MR) is 101 cm³/mol. The van der Waals surface area contributed by atoms with Gasteiger partial charge in [0, 0.05) is 5.92 Å². The Bertz CT molecular complexity index is 881. The summed E-state index contributed by atoms with van der Waals surface area (Å²) in [4.78, 5) is 48.7. The van der Waals surface area contributed by atoms with Gasteiger partial charge in [-0.15, -0.1) is 0 Å². The smallest absolute Gasteiger partial charge is 0.416 e. The van der Waals surface area contributed by atoms with E-state index in [2.05, 4.69) is 19.5 Å². The molecule has 34 heavy (non-hydrogen) atoms. The Balaban J connectivity index is 3.29. The molecule has 0 saturated heterocycles. The van der Waals surface area contributed by atoms with Crippen LogP contribution < -0.4 is 5.32 Å². The molecule has 14 heteroatoms. The second-order valence-electron chi connectivity index (χ2n) is 7.04. The summed E-state index contributed by atoms with van der Waals surface area (Å²) in [6.45, 7) is 1.19. The molecule has 0 unspecified atom stereocenters. The quantitative estimate of drug-likeness (QED) is 0.253. The molecule has 0 aliphatic rings. The fourth-order valence-corrected chi connectivity index (χ4v) is 3.04. The van der Waals surface area contributed by atoms with Crippen LogP contribution in [0.2, 0.25) is 0 Å².